The Morgan fingerprint density at radius 2 is 1.48 bits per heavy atom. The van der Waals surface area contributed by atoms with E-state index in [1.54, 1.807) is 0 Å². The molecule has 2 amide bonds. The van der Waals surface area contributed by atoms with Crippen LogP contribution in [0, 0.1) is 13.8 Å². The van der Waals surface area contributed by atoms with Gasteiger partial charge in [0, 0.05) is 12.1 Å². The molecule has 2 aromatic rings. The first-order chi connectivity index (χ1) is 12.7. The molecule has 0 saturated heterocycles. The fourth-order valence-corrected chi connectivity index (χ4v) is 2.89. The molecule has 0 aromatic heterocycles. The van der Waals surface area contributed by atoms with Crippen molar-refractivity contribution in [3.05, 3.63) is 64.7 Å². The number of aryl methyl sites for hydroxylation is 3. The first kappa shape index (κ1) is 20.7. The Balaban J connectivity index is 1.78. The second-order valence-electron chi connectivity index (χ2n) is 8.04. The molecule has 0 atom stereocenters. The van der Waals surface area contributed by atoms with Crippen LogP contribution in [0.5, 0.6) is 0 Å². The highest BCUT2D eigenvalue weighted by Gasteiger charge is 2.13. The normalized spacial score (nSPS) is 11.1. The lowest BCUT2D eigenvalue weighted by molar-refractivity contribution is -0.124. The Morgan fingerprint density at radius 3 is 2.04 bits per heavy atom. The second kappa shape index (κ2) is 8.85. The molecule has 0 aliphatic carbocycles. The number of hydrogen-bond acceptors (Lipinski definition) is 2. The van der Waals surface area contributed by atoms with Crippen molar-refractivity contribution in [2.45, 2.75) is 52.9 Å². The van der Waals surface area contributed by atoms with Gasteiger partial charge >= 0.3 is 0 Å². The van der Waals surface area contributed by atoms with Crippen molar-refractivity contribution in [2.24, 2.45) is 0 Å². The van der Waals surface area contributed by atoms with Crippen LogP contribution in [-0.2, 0) is 21.4 Å². The zero-order valence-electron chi connectivity index (χ0n) is 17.0. The van der Waals surface area contributed by atoms with E-state index in [1.807, 2.05) is 32.0 Å². The summed E-state index contributed by atoms with van der Waals surface area (Å²) in [4.78, 5) is 24.1. The van der Waals surface area contributed by atoms with Gasteiger partial charge in [-0.05, 0) is 47.9 Å². The molecule has 0 bridgehead atoms. The number of amides is 2. The van der Waals surface area contributed by atoms with Crippen LogP contribution in [0.15, 0.2) is 42.5 Å². The van der Waals surface area contributed by atoms with E-state index in [1.165, 1.54) is 5.56 Å². The number of carbonyl (C=O) groups excluding carboxylic acids is 2. The van der Waals surface area contributed by atoms with Gasteiger partial charge in [0.25, 0.3) is 0 Å². The third-order valence-corrected chi connectivity index (χ3v) is 4.65. The van der Waals surface area contributed by atoms with Gasteiger partial charge in [-0.25, -0.2) is 0 Å². The summed E-state index contributed by atoms with van der Waals surface area (Å²) in [5, 5.41) is 5.57. The van der Waals surface area contributed by atoms with Crippen LogP contribution in [-0.4, -0.2) is 18.4 Å². The Bertz CT molecular complexity index is 782. The molecule has 144 valence electrons. The average molecular weight is 367 g/mol. The van der Waals surface area contributed by atoms with E-state index in [-0.39, 0.29) is 23.8 Å². The molecule has 0 fully saturated rings. The van der Waals surface area contributed by atoms with Crippen LogP contribution in [0.25, 0.3) is 0 Å². The van der Waals surface area contributed by atoms with Gasteiger partial charge in [-0.15, -0.1) is 0 Å². The maximum Gasteiger partial charge on any atom is 0.243 e. The molecule has 2 N–H and O–H groups in total. The summed E-state index contributed by atoms with van der Waals surface area (Å²) >= 11 is 0. The lowest BCUT2D eigenvalue weighted by Crippen LogP contribution is -2.33. The first-order valence-corrected chi connectivity index (χ1v) is 9.39. The second-order valence-corrected chi connectivity index (χ2v) is 8.04. The van der Waals surface area contributed by atoms with Crippen LogP contribution in [0.2, 0.25) is 0 Å². The average Bonchev–Trinajstić information content (AvgIpc) is 2.61. The predicted octanol–water partition coefficient (Wildman–Crippen LogP) is 4.29. The molecule has 0 radical (unpaired) electrons. The van der Waals surface area contributed by atoms with E-state index in [2.05, 4.69) is 55.7 Å². The van der Waals surface area contributed by atoms with Crippen LogP contribution in [0.4, 0.5) is 5.69 Å². The maximum atomic E-state index is 12.1. The monoisotopic (exact) mass is 366 g/mol. The van der Waals surface area contributed by atoms with E-state index >= 15 is 0 Å². The summed E-state index contributed by atoms with van der Waals surface area (Å²) in [5.41, 5.74) is 5.35. The molecule has 4 heteroatoms. The molecule has 0 heterocycles. The number of anilines is 1. The van der Waals surface area contributed by atoms with Gasteiger partial charge in [-0.1, -0.05) is 63.2 Å². The molecule has 0 aliphatic rings. The summed E-state index contributed by atoms with van der Waals surface area (Å²) in [6, 6.07) is 14.2. The molecular weight excluding hydrogens is 336 g/mol. The van der Waals surface area contributed by atoms with Gasteiger partial charge in [-0.3, -0.25) is 9.59 Å². The molecule has 0 saturated carbocycles. The van der Waals surface area contributed by atoms with Crippen molar-refractivity contribution in [3.8, 4) is 0 Å². The number of benzene rings is 2. The van der Waals surface area contributed by atoms with E-state index in [0.717, 1.165) is 22.4 Å². The minimum Gasteiger partial charge on any atom is -0.347 e. The van der Waals surface area contributed by atoms with Crippen LogP contribution < -0.4 is 10.6 Å². The minimum atomic E-state index is -0.213. The largest absolute Gasteiger partial charge is 0.347 e. The number of hydrogen-bond donors (Lipinski definition) is 2. The van der Waals surface area contributed by atoms with Crippen LogP contribution in [0.3, 0.4) is 0 Å². The van der Waals surface area contributed by atoms with Gasteiger partial charge < -0.3 is 10.6 Å². The molecule has 0 spiro atoms. The van der Waals surface area contributed by atoms with Crippen molar-refractivity contribution in [2.75, 3.05) is 11.9 Å². The van der Waals surface area contributed by atoms with E-state index in [4.69, 9.17) is 0 Å². The van der Waals surface area contributed by atoms with E-state index < -0.39 is 0 Å². The highest BCUT2D eigenvalue weighted by Crippen LogP contribution is 2.22. The number of nitrogens with one attached hydrogen (secondary N) is 2. The fourth-order valence-electron chi connectivity index (χ4n) is 2.89. The topological polar surface area (TPSA) is 58.2 Å². The van der Waals surface area contributed by atoms with Crippen molar-refractivity contribution in [1.29, 1.82) is 0 Å². The van der Waals surface area contributed by atoms with E-state index in [9.17, 15) is 9.59 Å². The minimum absolute atomic E-state index is 0.0183. The molecule has 4 nitrogen and oxygen atoms in total. The summed E-state index contributed by atoms with van der Waals surface area (Å²) in [7, 11) is 0. The summed E-state index contributed by atoms with van der Waals surface area (Å²) < 4.78 is 0. The maximum absolute atomic E-state index is 12.1. The zero-order chi connectivity index (χ0) is 20.0. The number of rotatable bonds is 6. The molecular formula is C23H30N2O2. The fraction of sp³-hybridized carbons (Fsp3) is 0.391. The quantitative estimate of drug-likeness (QED) is 0.801. The Hall–Kier alpha value is -2.62. The Kier molecular flexibility index (Phi) is 6.78. The lowest BCUT2D eigenvalue weighted by Gasteiger charge is -2.19. The van der Waals surface area contributed by atoms with Crippen LogP contribution in [0.1, 0.15) is 49.4 Å². The van der Waals surface area contributed by atoms with Gasteiger partial charge in [0.15, 0.2) is 0 Å². The van der Waals surface area contributed by atoms with E-state index in [0.29, 0.717) is 12.8 Å². The third kappa shape index (κ3) is 6.24. The molecule has 0 unspecified atom stereocenters. The number of carbonyl (C=O) groups is 2. The summed E-state index contributed by atoms with van der Waals surface area (Å²) in [6.45, 7) is 10.4. The van der Waals surface area contributed by atoms with Crippen LogP contribution >= 0.6 is 0 Å². The standard InChI is InChI=1S/C23H30N2O2/c1-16-7-6-8-17(2)22(16)25-21(27)15-24-20(26)14-11-18-9-12-19(13-10-18)23(3,4)5/h6-10,12-13H,11,14-15H2,1-5H3,(H,24,26)(H,25,27). The Morgan fingerprint density at radius 1 is 0.889 bits per heavy atom. The summed E-state index contributed by atoms with van der Waals surface area (Å²) in [6.07, 6.45) is 1.03. The van der Waals surface area contributed by atoms with Crippen molar-refractivity contribution < 1.29 is 9.59 Å². The number of para-hydroxylation sites is 1. The SMILES string of the molecule is Cc1cccc(C)c1NC(=O)CNC(=O)CCc1ccc(C(C)(C)C)cc1. The highest BCUT2D eigenvalue weighted by atomic mass is 16.2. The van der Waals surface area contributed by atoms with Crippen molar-refractivity contribution >= 4 is 17.5 Å². The predicted molar refractivity (Wildman–Crippen MR) is 111 cm³/mol. The lowest BCUT2D eigenvalue weighted by atomic mass is 9.86. The van der Waals surface area contributed by atoms with Gasteiger partial charge in [-0.2, -0.15) is 0 Å². The van der Waals surface area contributed by atoms with Crippen molar-refractivity contribution in [1.82, 2.24) is 5.32 Å². The third-order valence-electron chi connectivity index (χ3n) is 4.65. The Labute approximate surface area is 162 Å². The molecule has 2 rings (SSSR count). The smallest absolute Gasteiger partial charge is 0.243 e. The van der Waals surface area contributed by atoms with Crippen molar-refractivity contribution in [3.63, 3.8) is 0 Å². The van der Waals surface area contributed by atoms with Gasteiger partial charge in [0.1, 0.15) is 0 Å². The summed E-state index contributed by atoms with van der Waals surface area (Å²) in [5.74, 6) is -0.332. The zero-order valence-corrected chi connectivity index (χ0v) is 17.0. The molecule has 0 aliphatic heterocycles. The first-order valence-electron chi connectivity index (χ1n) is 9.39. The molecule has 2 aromatic carbocycles. The van der Waals surface area contributed by atoms with Gasteiger partial charge in [0.2, 0.25) is 11.8 Å². The highest BCUT2D eigenvalue weighted by molar-refractivity contribution is 5.95. The molecule has 27 heavy (non-hydrogen) atoms. The van der Waals surface area contributed by atoms with Gasteiger partial charge in [0.05, 0.1) is 6.54 Å².